The highest BCUT2D eigenvalue weighted by molar-refractivity contribution is 5.99. The minimum absolute atomic E-state index is 0.0382. The van der Waals surface area contributed by atoms with E-state index in [0.29, 0.717) is 5.69 Å². The summed E-state index contributed by atoms with van der Waals surface area (Å²) >= 11 is 0. The molecule has 6 N–H and O–H groups in total. The second-order valence-corrected chi connectivity index (χ2v) is 7.20. The van der Waals surface area contributed by atoms with Gasteiger partial charge >= 0.3 is 0 Å². The Morgan fingerprint density at radius 1 is 1.17 bits per heavy atom. The lowest BCUT2D eigenvalue weighted by atomic mass is 9.91. The van der Waals surface area contributed by atoms with E-state index in [2.05, 4.69) is 25.6 Å². The number of rotatable bonds is 5. The Bertz CT molecular complexity index is 1060. The van der Waals surface area contributed by atoms with Crippen LogP contribution in [0.3, 0.4) is 0 Å². The van der Waals surface area contributed by atoms with E-state index in [1.54, 1.807) is 18.3 Å². The van der Waals surface area contributed by atoms with E-state index in [4.69, 9.17) is 11.5 Å². The summed E-state index contributed by atoms with van der Waals surface area (Å²) in [5, 5.41) is 7.02. The van der Waals surface area contributed by atoms with Crippen LogP contribution in [-0.4, -0.2) is 32.9 Å². The molecule has 8 nitrogen and oxygen atoms in total. The summed E-state index contributed by atoms with van der Waals surface area (Å²) in [6.45, 7) is 0. The Balaban J connectivity index is 1.67. The van der Waals surface area contributed by atoms with Crippen molar-refractivity contribution in [2.45, 2.75) is 37.8 Å². The van der Waals surface area contributed by atoms with E-state index in [1.165, 1.54) is 6.33 Å². The second kappa shape index (κ2) is 7.96. The third-order valence-corrected chi connectivity index (χ3v) is 5.15. The predicted molar refractivity (Wildman–Crippen MR) is 109 cm³/mol. The smallest absolute Gasteiger partial charge is 0.252 e. The Labute approximate surface area is 166 Å². The fraction of sp³-hybridized carbons (Fsp3) is 0.300. The van der Waals surface area contributed by atoms with Gasteiger partial charge in [0.25, 0.3) is 5.91 Å². The van der Waals surface area contributed by atoms with Crippen molar-refractivity contribution in [1.82, 2.24) is 15.0 Å². The van der Waals surface area contributed by atoms with Crippen molar-refractivity contribution in [3.8, 4) is 0 Å². The van der Waals surface area contributed by atoms with Crippen LogP contribution >= 0.6 is 0 Å². The Kier molecular flexibility index (Phi) is 5.22. The molecule has 1 aliphatic carbocycles. The molecule has 1 aliphatic rings. The van der Waals surface area contributed by atoms with E-state index < -0.39 is 11.7 Å². The molecule has 1 fully saturated rings. The van der Waals surface area contributed by atoms with Crippen molar-refractivity contribution >= 4 is 34.1 Å². The molecule has 2 heterocycles. The number of hydrogen-bond donors (Lipinski definition) is 4. The molecule has 0 saturated heterocycles. The molecular formula is C20H22FN7O. The van der Waals surface area contributed by atoms with E-state index >= 15 is 0 Å². The summed E-state index contributed by atoms with van der Waals surface area (Å²) in [4.78, 5) is 24.3. The van der Waals surface area contributed by atoms with Crippen LogP contribution in [0.4, 0.5) is 21.7 Å². The Morgan fingerprint density at radius 3 is 2.79 bits per heavy atom. The number of halogens is 1. The Morgan fingerprint density at radius 2 is 2.00 bits per heavy atom. The zero-order chi connectivity index (χ0) is 20.4. The van der Waals surface area contributed by atoms with Gasteiger partial charge in [-0.3, -0.25) is 4.79 Å². The monoisotopic (exact) mass is 395 g/mol. The van der Waals surface area contributed by atoms with Crippen LogP contribution in [0.5, 0.6) is 0 Å². The first-order valence-electron chi connectivity index (χ1n) is 9.50. The van der Waals surface area contributed by atoms with Gasteiger partial charge in [0.05, 0.1) is 11.1 Å². The van der Waals surface area contributed by atoms with Crippen molar-refractivity contribution in [1.29, 1.82) is 0 Å². The van der Waals surface area contributed by atoms with Crippen molar-refractivity contribution in [2.75, 3.05) is 10.6 Å². The standard InChI is InChI=1S/C20H22FN7O/c21-14-8-13(18(23)29)19(28-20(14)27-16-4-2-1-3-15(16)22)26-12-6-5-11-9-24-10-25-17(11)7-12/h5-10,15-16H,1-4,22H2,(H2,23,29)(H2,26,27,28)/t15-,16+/m0/s1. The highest BCUT2D eigenvalue weighted by atomic mass is 19.1. The molecular weight excluding hydrogens is 373 g/mol. The van der Waals surface area contributed by atoms with E-state index in [1.807, 2.05) is 6.07 Å². The Hall–Kier alpha value is -3.33. The van der Waals surface area contributed by atoms with Gasteiger partial charge in [-0.15, -0.1) is 0 Å². The summed E-state index contributed by atoms with van der Waals surface area (Å²) in [7, 11) is 0. The lowest BCUT2D eigenvalue weighted by molar-refractivity contribution is 0.100. The fourth-order valence-electron chi connectivity index (χ4n) is 3.58. The fourth-order valence-corrected chi connectivity index (χ4v) is 3.58. The first-order chi connectivity index (χ1) is 14.0. The maximum absolute atomic E-state index is 14.6. The normalized spacial score (nSPS) is 19.1. The minimum Gasteiger partial charge on any atom is -0.365 e. The number of carbonyl (C=O) groups excluding carboxylic acids is 1. The van der Waals surface area contributed by atoms with Crippen molar-refractivity contribution in [3.05, 3.63) is 48.2 Å². The molecule has 29 heavy (non-hydrogen) atoms. The minimum atomic E-state index is -0.775. The average molecular weight is 395 g/mol. The summed E-state index contributed by atoms with van der Waals surface area (Å²) in [5.74, 6) is -1.21. The molecule has 2 aromatic heterocycles. The number of pyridine rings is 1. The van der Waals surface area contributed by atoms with E-state index in [-0.39, 0.29) is 29.3 Å². The quantitative estimate of drug-likeness (QED) is 0.522. The molecule has 2 atom stereocenters. The summed E-state index contributed by atoms with van der Waals surface area (Å²) in [6.07, 6.45) is 6.96. The summed E-state index contributed by atoms with van der Waals surface area (Å²) < 4.78 is 14.6. The van der Waals surface area contributed by atoms with Gasteiger partial charge in [0.1, 0.15) is 12.1 Å². The van der Waals surface area contributed by atoms with Crippen LogP contribution in [0.15, 0.2) is 36.8 Å². The van der Waals surface area contributed by atoms with E-state index in [0.717, 1.165) is 42.7 Å². The van der Waals surface area contributed by atoms with Crippen molar-refractivity contribution in [2.24, 2.45) is 11.5 Å². The first-order valence-corrected chi connectivity index (χ1v) is 9.50. The van der Waals surface area contributed by atoms with Crippen LogP contribution in [0.1, 0.15) is 36.0 Å². The molecule has 150 valence electrons. The molecule has 4 rings (SSSR count). The number of benzene rings is 1. The van der Waals surface area contributed by atoms with Gasteiger partial charge in [0.15, 0.2) is 11.6 Å². The number of primary amides is 1. The molecule has 3 aromatic rings. The lowest BCUT2D eigenvalue weighted by Crippen LogP contribution is -2.43. The number of carbonyl (C=O) groups is 1. The number of fused-ring (bicyclic) bond motifs is 1. The highest BCUT2D eigenvalue weighted by Gasteiger charge is 2.24. The third kappa shape index (κ3) is 4.09. The van der Waals surface area contributed by atoms with Crippen LogP contribution < -0.4 is 22.1 Å². The van der Waals surface area contributed by atoms with Crippen molar-refractivity contribution in [3.63, 3.8) is 0 Å². The largest absolute Gasteiger partial charge is 0.365 e. The topological polar surface area (TPSA) is 132 Å². The van der Waals surface area contributed by atoms with E-state index in [9.17, 15) is 9.18 Å². The zero-order valence-electron chi connectivity index (χ0n) is 15.7. The highest BCUT2D eigenvalue weighted by Crippen LogP contribution is 2.27. The molecule has 0 bridgehead atoms. The number of nitrogens with zero attached hydrogens (tertiary/aromatic N) is 3. The molecule has 1 saturated carbocycles. The molecule has 0 radical (unpaired) electrons. The molecule has 1 aromatic carbocycles. The SMILES string of the molecule is NC(=O)c1cc(F)c(N[C@@H]2CCCC[C@@H]2N)nc1Nc1ccc2cncnc2c1. The lowest BCUT2D eigenvalue weighted by Gasteiger charge is -2.30. The number of aromatic nitrogens is 3. The first kappa shape index (κ1) is 19.0. The molecule has 0 aliphatic heterocycles. The van der Waals surface area contributed by atoms with Crippen LogP contribution in [0, 0.1) is 5.82 Å². The van der Waals surface area contributed by atoms with Gasteiger partial charge in [0, 0.05) is 29.4 Å². The van der Waals surface area contributed by atoms with Crippen molar-refractivity contribution < 1.29 is 9.18 Å². The van der Waals surface area contributed by atoms with Gasteiger partial charge in [0.2, 0.25) is 0 Å². The molecule has 0 spiro atoms. The number of hydrogen-bond acceptors (Lipinski definition) is 7. The predicted octanol–water partition coefficient (Wildman–Crippen LogP) is 2.69. The summed E-state index contributed by atoms with van der Waals surface area (Å²) in [6, 6.07) is 6.37. The van der Waals surface area contributed by atoms with Crippen LogP contribution in [0.25, 0.3) is 10.9 Å². The van der Waals surface area contributed by atoms with Crippen LogP contribution in [-0.2, 0) is 0 Å². The molecule has 1 amide bonds. The molecule has 0 unspecified atom stereocenters. The second-order valence-electron chi connectivity index (χ2n) is 7.20. The molecule has 9 heteroatoms. The maximum Gasteiger partial charge on any atom is 0.252 e. The van der Waals surface area contributed by atoms with Gasteiger partial charge in [-0.1, -0.05) is 12.8 Å². The van der Waals surface area contributed by atoms with Gasteiger partial charge < -0.3 is 22.1 Å². The average Bonchev–Trinajstić information content (AvgIpc) is 2.71. The van der Waals surface area contributed by atoms with Gasteiger partial charge in [-0.05, 0) is 37.1 Å². The number of nitrogens with two attached hydrogens (primary N) is 2. The number of anilines is 3. The van der Waals surface area contributed by atoms with Crippen LogP contribution in [0.2, 0.25) is 0 Å². The summed E-state index contributed by atoms with van der Waals surface area (Å²) in [5.41, 5.74) is 12.9. The third-order valence-electron chi connectivity index (χ3n) is 5.15. The van der Waals surface area contributed by atoms with Gasteiger partial charge in [-0.25, -0.2) is 19.3 Å². The number of amides is 1. The maximum atomic E-state index is 14.6. The number of nitrogens with one attached hydrogen (secondary N) is 2. The van der Waals surface area contributed by atoms with Gasteiger partial charge in [-0.2, -0.15) is 0 Å². The zero-order valence-corrected chi connectivity index (χ0v) is 15.7.